The predicted molar refractivity (Wildman–Crippen MR) is 82.1 cm³/mol. The summed E-state index contributed by atoms with van der Waals surface area (Å²) in [6.07, 6.45) is 1.03. The Hall–Kier alpha value is -1.61. The van der Waals surface area contributed by atoms with Crippen molar-refractivity contribution in [2.45, 2.75) is 13.0 Å². The zero-order valence-electron chi connectivity index (χ0n) is 10.6. The van der Waals surface area contributed by atoms with Gasteiger partial charge in [0.15, 0.2) is 0 Å². The normalized spacial score (nSPS) is 14.6. The Morgan fingerprint density at radius 3 is 2.47 bits per heavy atom. The van der Waals surface area contributed by atoms with Crippen LogP contribution in [0.3, 0.4) is 0 Å². The van der Waals surface area contributed by atoms with E-state index in [0.29, 0.717) is 0 Å². The fourth-order valence-electron chi connectivity index (χ4n) is 2.25. The molecule has 1 aliphatic rings. The summed E-state index contributed by atoms with van der Waals surface area (Å²) in [5.41, 5.74) is 3.72. The van der Waals surface area contributed by atoms with Crippen LogP contribution in [0.2, 0.25) is 0 Å². The first-order chi connectivity index (χ1) is 9.31. The van der Waals surface area contributed by atoms with Crippen molar-refractivity contribution in [1.82, 2.24) is 5.01 Å². The van der Waals surface area contributed by atoms with Gasteiger partial charge in [0.05, 0.1) is 12.3 Å². The molecule has 0 unspecified atom stereocenters. The van der Waals surface area contributed by atoms with Gasteiger partial charge >= 0.3 is 0 Å². The highest BCUT2D eigenvalue weighted by Gasteiger charge is 2.15. The molecular weight excluding hydrogens is 300 g/mol. The Morgan fingerprint density at radius 2 is 1.74 bits per heavy atom. The molecule has 0 spiro atoms. The van der Waals surface area contributed by atoms with Crippen LogP contribution in [0.1, 0.15) is 17.5 Å². The van der Waals surface area contributed by atoms with Crippen molar-refractivity contribution in [2.75, 3.05) is 6.54 Å². The molecular formula is C16H15BrN2. The molecule has 0 saturated heterocycles. The van der Waals surface area contributed by atoms with Crippen molar-refractivity contribution in [3.05, 3.63) is 70.2 Å². The molecule has 0 amide bonds. The van der Waals surface area contributed by atoms with Crippen molar-refractivity contribution < 1.29 is 0 Å². The molecule has 0 radical (unpaired) electrons. The highest BCUT2D eigenvalue weighted by Crippen LogP contribution is 2.17. The van der Waals surface area contributed by atoms with Gasteiger partial charge in [-0.05, 0) is 23.3 Å². The van der Waals surface area contributed by atoms with E-state index in [0.717, 1.165) is 24.0 Å². The molecule has 3 rings (SSSR count). The molecule has 2 nitrogen and oxygen atoms in total. The van der Waals surface area contributed by atoms with Crippen LogP contribution in [0.4, 0.5) is 0 Å². The minimum atomic E-state index is 0.879. The van der Waals surface area contributed by atoms with Crippen molar-refractivity contribution in [3.8, 4) is 0 Å². The maximum Gasteiger partial charge on any atom is 0.0696 e. The van der Waals surface area contributed by atoms with E-state index in [2.05, 4.69) is 69.5 Å². The van der Waals surface area contributed by atoms with Crippen LogP contribution >= 0.6 is 15.9 Å². The van der Waals surface area contributed by atoms with Crippen LogP contribution in [-0.4, -0.2) is 17.3 Å². The van der Waals surface area contributed by atoms with E-state index in [1.807, 2.05) is 6.07 Å². The summed E-state index contributed by atoms with van der Waals surface area (Å²) in [4.78, 5) is 0. The third-order valence-electron chi connectivity index (χ3n) is 3.25. The first kappa shape index (κ1) is 12.4. The Balaban J connectivity index is 1.71. The average molecular weight is 315 g/mol. The second-order valence-electron chi connectivity index (χ2n) is 4.68. The molecule has 0 aliphatic carbocycles. The average Bonchev–Trinajstić information content (AvgIpc) is 2.91. The van der Waals surface area contributed by atoms with Gasteiger partial charge in [-0.1, -0.05) is 58.4 Å². The summed E-state index contributed by atoms with van der Waals surface area (Å²) >= 11 is 3.46. The second-order valence-corrected chi connectivity index (χ2v) is 5.59. The molecule has 2 aromatic carbocycles. The number of benzene rings is 2. The lowest BCUT2D eigenvalue weighted by atomic mass is 10.1. The molecule has 0 saturated carbocycles. The van der Waals surface area contributed by atoms with Crippen molar-refractivity contribution in [1.29, 1.82) is 0 Å². The molecule has 0 bridgehead atoms. The standard InChI is InChI=1S/C16H15BrN2/c17-15-8-6-13(7-9-15)12-19-11-10-16(18-19)14-4-2-1-3-5-14/h1-9H,10-12H2. The van der Waals surface area contributed by atoms with Gasteiger partial charge in [-0.2, -0.15) is 5.10 Å². The Labute approximate surface area is 121 Å². The van der Waals surface area contributed by atoms with Crippen LogP contribution in [0.5, 0.6) is 0 Å². The quantitative estimate of drug-likeness (QED) is 0.834. The largest absolute Gasteiger partial charge is 0.292 e. The SMILES string of the molecule is Brc1ccc(CN2CCC(c3ccccc3)=N2)cc1. The fourth-order valence-corrected chi connectivity index (χ4v) is 2.52. The molecule has 0 N–H and O–H groups in total. The van der Waals surface area contributed by atoms with Gasteiger partial charge in [-0.25, -0.2) is 0 Å². The molecule has 0 atom stereocenters. The highest BCUT2D eigenvalue weighted by atomic mass is 79.9. The Morgan fingerprint density at radius 1 is 1.00 bits per heavy atom. The van der Waals surface area contributed by atoms with Gasteiger partial charge in [-0.3, -0.25) is 5.01 Å². The number of hydrazone groups is 1. The van der Waals surface area contributed by atoms with Crippen LogP contribution < -0.4 is 0 Å². The third kappa shape index (κ3) is 3.04. The van der Waals surface area contributed by atoms with Crippen LogP contribution in [0.15, 0.2) is 64.2 Å². The van der Waals surface area contributed by atoms with Crippen molar-refractivity contribution in [2.24, 2.45) is 5.10 Å². The van der Waals surface area contributed by atoms with Gasteiger partial charge in [0.1, 0.15) is 0 Å². The van der Waals surface area contributed by atoms with Crippen molar-refractivity contribution in [3.63, 3.8) is 0 Å². The summed E-state index contributed by atoms with van der Waals surface area (Å²) in [6, 6.07) is 18.9. The maximum atomic E-state index is 4.71. The van der Waals surface area contributed by atoms with Gasteiger partial charge < -0.3 is 0 Å². The Bertz CT molecular complexity index is 575. The first-order valence-electron chi connectivity index (χ1n) is 6.43. The molecule has 0 fully saturated rings. The smallest absolute Gasteiger partial charge is 0.0696 e. The number of hydrogen-bond donors (Lipinski definition) is 0. The lowest BCUT2D eigenvalue weighted by molar-refractivity contribution is 0.310. The summed E-state index contributed by atoms with van der Waals surface area (Å²) in [6.45, 7) is 1.88. The molecule has 3 heteroatoms. The number of halogens is 1. The van der Waals surface area contributed by atoms with Gasteiger partial charge in [0.25, 0.3) is 0 Å². The summed E-state index contributed by atoms with van der Waals surface area (Å²) in [5, 5.41) is 6.86. The van der Waals surface area contributed by atoms with Crippen LogP contribution in [-0.2, 0) is 6.54 Å². The second kappa shape index (κ2) is 5.57. The van der Waals surface area contributed by atoms with E-state index in [-0.39, 0.29) is 0 Å². The van der Waals surface area contributed by atoms with E-state index >= 15 is 0 Å². The number of nitrogens with zero attached hydrogens (tertiary/aromatic N) is 2. The van der Waals surface area contributed by atoms with E-state index in [9.17, 15) is 0 Å². The molecule has 96 valence electrons. The highest BCUT2D eigenvalue weighted by molar-refractivity contribution is 9.10. The summed E-state index contributed by atoms with van der Waals surface area (Å²) < 4.78 is 1.12. The lowest BCUT2D eigenvalue weighted by Gasteiger charge is -2.13. The molecule has 1 aliphatic heterocycles. The molecule has 1 heterocycles. The van der Waals surface area contributed by atoms with Gasteiger partial charge in [-0.15, -0.1) is 0 Å². The van der Waals surface area contributed by atoms with E-state index in [1.165, 1.54) is 16.8 Å². The van der Waals surface area contributed by atoms with E-state index < -0.39 is 0 Å². The maximum absolute atomic E-state index is 4.71. The molecule has 0 aromatic heterocycles. The van der Waals surface area contributed by atoms with Crippen LogP contribution in [0, 0.1) is 0 Å². The van der Waals surface area contributed by atoms with E-state index in [4.69, 9.17) is 5.10 Å². The van der Waals surface area contributed by atoms with Crippen molar-refractivity contribution >= 4 is 21.6 Å². The first-order valence-corrected chi connectivity index (χ1v) is 7.23. The van der Waals surface area contributed by atoms with E-state index in [1.54, 1.807) is 0 Å². The fraction of sp³-hybridized carbons (Fsp3) is 0.188. The minimum absolute atomic E-state index is 0.879. The minimum Gasteiger partial charge on any atom is -0.292 e. The zero-order chi connectivity index (χ0) is 13.1. The lowest BCUT2D eigenvalue weighted by Crippen LogP contribution is -2.13. The molecule has 2 aromatic rings. The predicted octanol–water partition coefficient (Wildman–Crippen LogP) is 4.06. The van der Waals surface area contributed by atoms with Crippen LogP contribution in [0.25, 0.3) is 0 Å². The van der Waals surface area contributed by atoms with Gasteiger partial charge in [0, 0.05) is 17.4 Å². The monoisotopic (exact) mass is 314 g/mol. The molecule has 19 heavy (non-hydrogen) atoms. The number of hydrogen-bond acceptors (Lipinski definition) is 2. The third-order valence-corrected chi connectivity index (χ3v) is 3.78. The topological polar surface area (TPSA) is 15.6 Å². The Kier molecular flexibility index (Phi) is 3.65. The zero-order valence-corrected chi connectivity index (χ0v) is 12.2. The van der Waals surface area contributed by atoms with Gasteiger partial charge in [0.2, 0.25) is 0 Å². The summed E-state index contributed by atoms with van der Waals surface area (Å²) in [5.74, 6) is 0. The number of rotatable bonds is 3. The summed E-state index contributed by atoms with van der Waals surface area (Å²) in [7, 11) is 0.